The van der Waals surface area contributed by atoms with E-state index in [-0.39, 0.29) is 17.7 Å². The van der Waals surface area contributed by atoms with Crippen LogP contribution in [0.25, 0.3) is 0 Å². The van der Waals surface area contributed by atoms with E-state index in [4.69, 9.17) is 4.74 Å². The average Bonchev–Trinajstić information content (AvgIpc) is 2.65. The number of ether oxygens (including phenoxy) is 1. The molecule has 0 aliphatic carbocycles. The number of nitrogens with zero attached hydrogens (tertiary/aromatic N) is 1. The third kappa shape index (κ3) is 2.95. The number of aryl methyl sites for hydroxylation is 1. The van der Waals surface area contributed by atoms with Gasteiger partial charge < -0.3 is 4.74 Å². The van der Waals surface area contributed by atoms with Gasteiger partial charge in [-0.3, -0.25) is 14.5 Å². The maximum atomic E-state index is 11.8. The fourth-order valence-corrected chi connectivity index (χ4v) is 2.42. The molecule has 19 heavy (non-hydrogen) atoms. The molecule has 0 bridgehead atoms. The summed E-state index contributed by atoms with van der Waals surface area (Å²) in [4.78, 5) is 24.8. The van der Waals surface area contributed by atoms with Crippen molar-refractivity contribution < 1.29 is 14.3 Å². The summed E-state index contributed by atoms with van der Waals surface area (Å²) in [6, 6.07) is 7.82. The average molecular weight is 261 g/mol. The Kier molecular flexibility index (Phi) is 4.20. The second-order valence-corrected chi connectivity index (χ2v) is 4.90. The summed E-state index contributed by atoms with van der Waals surface area (Å²) >= 11 is 0. The minimum Gasteiger partial charge on any atom is -0.496 e. The lowest BCUT2D eigenvalue weighted by Gasteiger charge is -2.14. The molecule has 1 aliphatic rings. The van der Waals surface area contributed by atoms with Gasteiger partial charge in [-0.25, -0.2) is 0 Å². The molecular weight excluding hydrogens is 242 g/mol. The number of rotatable bonds is 5. The van der Waals surface area contributed by atoms with Crippen LogP contribution in [0, 0.1) is 5.92 Å². The van der Waals surface area contributed by atoms with E-state index in [1.165, 1.54) is 4.90 Å². The van der Waals surface area contributed by atoms with Crippen molar-refractivity contribution in [3.8, 4) is 5.75 Å². The van der Waals surface area contributed by atoms with Gasteiger partial charge in [-0.1, -0.05) is 25.1 Å². The van der Waals surface area contributed by atoms with Gasteiger partial charge in [-0.15, -0.1) is 0 Å². The maximum absolute atomic E-state index is 11.8. The first-order valence-electron chi connectivity index (χ1n) is 6.59. The fraction of sp³-hybridized carbons (Fsp3) is 0.467. The number of carbonyl (C=O) groups excluding carboxylic acids is 2. The zero-order chi connectivity index (χ0) is 13.8. The molecule has 0 aromatic heterocycles. The highest BCUT2D eigenvalue weighted by Gasteiger charge is 2.34. The first-order chi connectivity index (χ1) is 9.13. The number of methoxy groups -OCH3 is 1. The molecule has 1 aromatic carbocycles. The van der Waals surface area contributed by atoms with Crippen LogP contribution in [0.5, 0.6) is 5.75 Å². The SMILES string of the molecule is COc1ccccc1CCCN1C(=O)CC(C)C1=O. The smallest absolute Gasteiger partial charge is 0.232 e. The highest BCUT2D eigenvalue weighted by atomic mass is 16.5. The van der Waals surface area contributed by atoms with E-state index < -0.39 is 0 Å². The summed E-state index contributed by atoms with van der Waals surface area (Å²) in [5.41, 5.74) is 1.11. The molecule has 4 nitrogen and oxygen atoms in total. The Morgan fingerprint density at radius 1 is 1.32 bits per heavy atom. The lowest BCUT2D eigenvalue weighted by molar-refractivity contribution is -0.139. The topological polar surface area (TPSA) is 46.6 Å². The van der Waals surface area contributed by atoms with Crippen LogP contribution in [-0.4, -0.2) is 30.4 Å². The van der Waals surface area contributed by atoms with Gasteiger partial charge in [0.25, 0.3) is 0 Å². The molecule has 2 amide bonds. The Morgan fingerprint density at radius 2 is 2.05 bits per heavy atom. The van der Waals surface area contributed by atoms with Gasteiger partial charge in [0.15, 0.2) is 0 Å². The molecule has 0 N–H and O–H groups in total. The summed E-state index contributed by atoms with van der Waals surface area (Å²) in [5.74, 6) is 0.622. The van der Waals surface area contributed by atoms with Gasteiger partial charge in [0.1, 0.15) is 5.75 Å². The van der Waals surface area contributed by atoms with Crippen molar-refractivity contribution in [3.05, 3.63) is 29.8 Å². The van der Waals surface area contributed by atoms with Crippen molar-refractivity contribution >= 4 is 11.8 Å². The van der Waals surface area contributed by atoms with Crippen LogP contribution in [0.4, 0.5) is 0 Å². The predicted octanol–water partition coefficient (Wildman–Crippen LogP) is 2.02. The third-order valence-corrected chi connectivity index (χ3v) is 3.49. The summed E-state index contributed by atoms with van der Waals surface area (Å²) in [6.07, 6.45) is 1.92. The van der Waals surface area contributed by atoms with E-state index >= 15 is 0 Å². The molecule has 0 radical (unpaired) electrons. The Hall–Kier alpha value is -1.84. The Morgan fingerprint density at radius 3 is 2.68 bits per heavy atom. The zero-order valence-electron chi connectivity index (χ0n) is 11.4. The van der Waals surface area contributed by atoms with Crippen LogP contribution in [0.3, 0.4) is 0 Å². The van der Waals surface area contributed by atoms with Crippen LogP contribution in [-0.2, 0) is 16.0 Å². The van der Waals surface area contributed by atoms with Crippen molar-refractivity contribution in [1.29, 1.82) is 0 Å². The van der Waals surface area contributed by atoms with Crippen molar-refractivity contribution in [1.82, 2.24) is 4.90 Å². The van der Waals surface area contributed by atoms with Gasteiger partial charge >= 0.3 is 0 Å². The number of likely N-dealkylation sites (tertiary alicyclic amines) is 1. The normalized spacial score (nSPS) is 19.1. The van der Waals surface area contributed by atoms with Gasteiger partial charge in [-0.05, 0) is 24.5 Å². The van der Waals surface area contributed by atoms with E-state index in [2.05, 4.69) is 0 Å². The van der Waals surface area contributed by atoms with Gasteiger partial charge in [0.2, 0.25) is 11.8 Å². The standard InChI is InChI=1S/C15H19NO3/c1-11-10-14(17)16(15(11)18)9-5-7-12-6-3-4-8-13(12)19-2/h3-4,6,8,11H,5,7,9-10H2,1-2H3. The zero-order valence-corrected chi connectivity index (χ0v) is 11.4. The molecule has 0 spiro atoms. The van der Waals surface area contributed by atoms with Crippen molar-refractivity contribution in [2.45, 2.75) is 26.2 Å². The molecular formula is C15H19NO3. The summed E-state index contributed by atoms with van der Waals surface area (Å²) in [6.45, 7) is 2.31. The quantitative estimate of drug-likeness (QED) is 0.762. The Labute approximate surface area is 113 Å². The van der Waals surface area contributed by atoms with Crippen molar-refractivity contribution in [2.75, 3.05) is 13.7 Å². The van der Waals surface area contributed by atoms with E-state index in [1.54, 1.807) is 14.0 Å². The molecule has 102 valence electrons. The number of hydrogen-bond donors (Lipinski definition) is 0. The second kappa shape index (κ2) is 5.87. The van der Waals surface area contributed by atoms with E-state index in [9.17, 15) is 9.59 Å². The first-order valence-corrected chi connectivity index (χ1v) is 6.59. The molecule has 2 rings (SSSR count). The van der Waals surface area contributed by atoms with E-state index in [0.29, 0.717) is 13.0 Å². The summed E-state index contributed by atoms with van der Waals surface area (Å²) < 4.78 is 5.28. The van der Waals surface area contributed by atoms with Crippen molar-refractivity contribution in [2.24, 2.45) is 5.92 Å². The Bertz CT molecular complexity index is 484. The fourth-order valence-electron chi connectivity index (χ4n) is 2.42. The van der Waals surface area contributed by atoms with Crippen LogP contribution in [0.2, 0.25) is 0 Å². The molecule has 1 unspecified atom stereocenters. The molecule has 1 aliphatic heterocycles. The molecule has 1 saturated heterocycles. The maximum Gasteiger partial charge on any atom is 0.232 e. The highest BCUT2D eigenvalue weighted by molar-refractivity contribution is 6.03. The van der Waals surface area contributed by atoms with Gasteiger partial charge in [-0.2, -0.15) is 0 Å². The largest absolute Gasteiger partial charge is 0.496 e. The lowest BCUT2D eigenvalue weighted by Crippen LogP contribution is -2.31. The van der Waals surface area contributed by atoms with Gasteiger partial charge in [0, 0.05) is 18.9 Å². The van der Waals surface area contributed by atoms with E-state index in [1.807, 2.05) is 24.3 Å². The first kappa shape index (κ1) is 13.6. The Balaban J connectivity index is 1.90. The molecule has 0 saturated carbocycles. The predicted molar refractivity (Wildman–Crippen MR) is 71.8 cm³/mol. The van der Waals surface area contributed by atoms with Crippen LogP contribution >= 0.6 is 0 Å². The number of benzene rings is 1. The number of amides is 2. The molecule has 1 atom stereocenters. The van der Waals surface area contributed by atoms with Crippen LogP contribution in [0.1, 0.15) is 25.3 Å². The highest BCUT2D eigenvalue weighted by Crippen LogP contribution is 2.21. The number of imide groups is 1. The minimum atomic E-state index is -0.154. The third-order valence-electron chi connectivity index (χ3n) is 3.49. The number of carbonyl (C=O) groups is 2. The number of para-hydroxylation sites is 1. The summed E-state index contributed by atoms with van der Waals surface area (Å²) in [5, 5.41) is 0. The molecule has 4 heteroatoms. The van der Waals surface area contributed by atoms with E-state index in [0.717, 1.165) is 24.2 Å². The monoisotopic (exact) mass is 261 g/mol. The number of hydrogen-bond acceptors (Lipinski definition) is 3. The molecule has 1 heterocycles. The summed E-state index contributed by atoms with van der Waals surface area (Å²) in [7, 11) is 1.65. The molecule has 1 aromatic rings. The van der Waals surface area contributed by atoms with Crippen molar-refractivity contribution in [3.63, 3.8) is 0 Å². The molecule has 1 fully saturated rings. The van der Waals surface area contributed by atoms with Gasteiger partial charge in [0.05, 0.1) is 7.11 Å². The van der Waals surface area contributed by atoms with Crippen LogP contribution in [0.15, 0.2) is 24.3 Å². The lowest BCUT2D eigenvalue weighted by atomic mass is 10.1. The second-order valence-electron chi connectivity index (χ2n) is 4.90. The minimum absolute atomic E-state index is 0.0370. The van der Waals surface area contributed by atoms with Crippen LogP contribution < -0.4 is 4.74 Å².